The van der Waals surface area contributed by atoms with Crippen molar-refractivity contribution in [3.05, 3.63) is 29.8 Å². The number of carbonyl (C=O) groups is 2. The van der Waals surface area contributed by atoms with Crippen LogP contribution in [0, 0.1) is 11.8 Å². The monoisotopic (exact) mass is 308 g/mol. The molecule has 2 aliphatic heterocycles. The van der Waals surface area contributed by atoms with Gasteiger partial charge in [-0.15, -0.1) is 0 Å². The molecule has 7 heteroatoms. The highest BCUT2D eigenvalue weighted by Crippen LogP contribution is 2.32. The Bertz CT molecular complexity index is 691. The van der Waals surface area contributed by atoms with E-state index in [1.165, 1.54) is 4.31 Å². The molecule has 1 N–H and O–H groups in total. The van der Waals surface area contributed by atoms with Gasteiger partial charge in [0.15, 0.2) is 0 Å². The molecule has 0 bridgehead atoms. The van der Waals surface area contributed by atoms with Crippen molar-refractivity contribution in [3.63, 3.8) is 0 Å². The summed E-state index contributed by atoms with van der Waals surface area (Å²) in [5.41, 5.74) is 0.935. The van der Waals surface area contributed by atoms with E-state index in [-0.39, 0.29) is 29.8 Å². The Morgan fingerprint density at radius 3 is 2.38 bits per heavy atom. The Morgan fingerprint density at radius 2 is 1.81 bits per heavy atom. The van der Waals surface area contributed by atoms with E-state index in [1.54, 1.807) is 18.2 Å². The minimum atomic E-state index is -3.66. The van der Waals surface area contributed by atoms with E-state index < -0.39 is 21.9 Å². The van der Waals surface area contributed by atoms with Crippen LogP contribution in [0.3, 0.4) is 0 Å². The summed E-state index contributed by atoms with van der Waals surface area (Å²) in [6.45, 7) is 2.09. The predicted octanol–water partition coefficient (Wildman–Crippen LogP) is 0.142. The number of sulfonamides is 1. The van der Waals surface area contributed by atoms with Gasteiger partial charge in [0.25, 0.3) is 0 Å². The number of benzene rings is 1. The van der Waals surface area contributed by atoms with E-state index in [0.29, 0.717) is 0 Å². The van der Waals surface area contributed by atoms with E-state index in [1.807, 2.05) is 13.0 Å². The van der Waals surface area contributed by atoms with Gasteiger partial charge in [-0.25, -0.2) is 8.42 Å². The molecule has 2 heterocycles. The molecule has 0 aromatic heterocycles. The van der Waals surface area contributed by atoms with Crippen LogP contribution in [0.15, 0.2) is 29.2 Å². The Labute approximate surface area is 123 Å². The summed E-state index contributed by atoms with van der Waals surface area (Å²) in [6, 6.07) is 6.77. The van der Waals surface area contributed by atoms with Crippen LogP contribution in [0.1, 0.15) is 12.5 Å². The van der Waals surface area contributed by atoms with Gasteiger partial charge in [-0.2, -0.15) is 4.31 Å². The Balaban J connectivity index is 1.90. The first-order valence-electron chi connectivity index (χ1n) is 6.87. The van der Waals surface area contributed by atoms with Crippen molar-refractivity contribution in [1.29, 1.82) is 0 Å². The topological polar surface area (TPSA) is 83.6 Å². The fraction of sp³-hybridized carbons (Fsp3) is 0.429. The van der Waals surface area contributed by atoms with Crippen LogP contribution in [-0.2, 0) is 26.0 Å². The zero-order valence-corrected chi connectivity index (χ0v) is 12.4. The molecule has 1 aromatic rings. The number of amides is 2. The predicted molar refractivity (Wildman–Crippen MR) is 74.7 cm³/mol. The molecule has 2 amide bonds. The van der Waals surface area contributed by atoms with Gasteiger partial charge in [0.2, 0.25) is 21.8 Å². The third-order valence-corrected chi connectivity index (χ3v) is 5.98. The molecule has 1 aromatic carbocycles. The maximum absolute atomic E-state index is 12.6. The minimum absolute atomic E-state index is 0.0704. The number of carbonyl (C=O) groups excluding carboxylic acids is 2. The summed E-state index contributed by atoms with van der Waals surface area (Å²) in [5, 5.41) is 2.25. The average molecular weight is 308 g/mol. The zero-order valence-electron chi connectivity index (χ0n) is 11.6. The first-order chi connectivity index (χ1) is 9.93. The quantitative estimate of drug-likeness (QED) is 0.805. The molecular formula is C14H16N2O4S. The average Bonchev–Trinajstić information content (AvgIpc) is 3.02. The third-order valence-electron chi connectivity index (χ3n) is 4.15. The Kier molecular flexibility index (Phi) is 3.33. The molecule has 0 spiro atoms. The van der Waals surface area contributed by atoms with Crippen molar-refractivity contribution in [2.24, 2.45) is 11.8 Å². The fourth-order valence-corrected chi connectivity index (χ4v) is 4.44. The molecule has 0 saturated carbocycles. The van der Waals surface area contributed by atoms with E-state index >= 15 is 0 Å². The summed E-state index contributed by atoms with van der Waals surface area (Å²) < 4.78 is 26.5. The summed E-state index contributed by atoms with van der Waals surface area (Å²) in [6.07, 6.45) is 0.746. The molecule has 0 unspecified atom stereocenters. The van der Waals surface area contributed by atoms with Crippen molar-refractivity contribution in [1.82, 2.24) is 9.62 Å². The first kappa shape index (κ1) is 14.2. The Hall–Kier alpha value is -1.73. The number of hydrogen-bond donors (Lipinski definition) is 1. The molecule has 0 radical (unpaired) electrons. The van der Waals surface area contributed by atoms with Gasteiger partial charge >= 0.3 is 0 Å². The highest BCUT2D eigenvalue weighted by Gasteiger charge is 2.50. The number of hydrogen-bond acceptors (Lipinski definition) is 4. The molecule has 3 rings (SSSR count). The second-order valence-corrected chi connectivity index (χ2v) is 7.33. The summed E-state index contributed by atoms with van der Waals surface area (Å²) in [7, 11) is -3.66. The van der Waals surface area contributed by atoms with Crippen LogP contribution in [-0.4, -0.2) is 37.6 Å². The molecule has 2 saturated heterocycles. The lowest BCUT2D eigenvalue weighted by atomic mass is 10.00. The number of fused-ring (bicyclic) bond motifs is 1. The van der Waals surface area contributed by atoms with Crippen molar-refractivity contribution in [2.75, 3.05) is 13.1 Å². The molecule has 2 atom stereocenters. The number of imide groups is 1. The first-order valence-corrected chi connectivity index (χ1v) is 8.31. The lowest BCUT2D eigenvalue weighted by Gasteiger charge is -2.17. The molecule has 2 fully saturated rings. The highest BCUT2D eigenvalue weighted by molar-refractivity contribution is 7.89. The van der Waals surface area contributed by atoms with Crippen LogP contribution in [0.4, 0.5) is 0 Å². The second kappa shape index (κ2) is 4.92. The van der Waals surface area contributed by atoms with E-state index in [4.69, 9.17) is 0 Å². The Morgan fingerprint density at radius 1 is 1.19 bits per heavy atom. The van der Waals surface area contributed by atoms with Gasteiger partial charge in [0.05, 0.1) is 16.7 Å². The van der Waals surface area contributed by atoms with Gasteiger partial charge in [-0.3, -0.25) is 14.9 Å². The smallest absolute Gasteiger partial charge is 0.243 e. The van der Waals surface area contributed by atoms with Gasteiger partial charge < -0.3 is 0 Å². The highest BCUT2D eigenvalue weighted by atomic mass is 32.2. The van der Waals surface area contributed by atoms with Crippen molar-refractivity contribution in [2.45, 2.75) is 18.2 Å². The molecular weight excluding hydrogens is 292 g/mol. The lowest BCUT2D eigenvalue weighted by molar-refractivity contribution is -0.126. The molecule has 6 nitrogen and oxygen atoms in total. The van der Waals surface area contributed by atoms with E-state index in [2.05, 4.69) is 5.32 Å². The number of aryl methyl sites for hydroxylation is 1. The van der Waals surface area contributed by atoms with Gasteiger partial charge in [-0.1, -0.05) is 19.1 Å². The number of nitrogens with zero attached hydrogens (tertiary/aromatic N) is 1. The lowest BCUT2D eigenvalue weighted by Crippen LogP contribution is -2.35. The van der Waals surface area contributed by atoms with E-state index in [9.17, 15) is 18.0 Å². The maximum Gasteiger partial charge on any atom is 0.243 e. The largest absolute Gasteiger partial charge is 0.296 e. The SMILES string of the molecule is CCc1cccc(S(=O)(=O)N2C[C@@H]3C(=O)NC(=O)[C@@H]3C2)c1. The van der Waals surface area contributed by atoms with Crippen LogP contribution in [0.2, 0.25) is 0 Å². The number of nitrogens with one attached hydrogen (secondary N) is 1. The van der Waals surface area contributed by atoms with E-state index in [0.717, 1.165) is 12.0 Å². The minimum Gasteiger partial charge on any atom is -0.296 e. The van der Waals surface area contributed by atoms with Gasteiger partial charge in [0, 0.05) is 13.1 Å². The molecule has 112 valence electrons. The molecule has 0 aliphatic carbocycles. The second-order valence-electron chi connectivity index (χ2n) is 5.39. The van der Waals surface area contributed by atoms with Crippen LogP contribution in [0.25, 0.3) is 0 Å². The molecule has 21 heavy (non-hydrogen) atoms. The van der Waals surface area contributed by atoms with Gasteiger partial charge in [0.1, 0.15) is 0 Å². The molecule has 2 aliphatic rings. The number of rotatable bonds is 3. The fourth-order valence-electron chi connectivity index (χ4n) is 2.88. The van der Waals surface area contributed by atoms with Crippen LogP contribution < -0.4 is 5.32 Å². The third kappa shape index (κ3) is 2.26. The van der Waals surface area contributed by atoms with Crippen molar-refractivity contribution >= 4 is 21.8 Å². The van der Waals surface area contributed by atoms with Crippen LogP contribution >= 0.6 is 0 Å². The summed E-state index contributed by atoms with van der Waals surface area (Å²) in [4.78, 5) is 23.5. The normalized spacial score (nSPS) is 26.0. The van der Waals surface area contributed by atoms with Crippen molar-refractivity contribution < 1.29 is 18.0 Å². The van der Waals surface area contributed by atoms with Crippen LogP contribution in [0.5, 0.6) is 0 Å². The maximum atomic E-state index is 12.6. The zero-order chi connectivity index (χ0) is 15.2. The van der Waals surface area contributed by atoms with Gasteiger partial charge in [-0.05, 0) is 24.1 Å². The summed E-state index contributed by atoms with van der Waals surface area (Å²) >= 11 is 0. The standard InChI is InChI=1S/C14H16N2O4S/c1-2-9-4-3-5-10(6-9)21(19,20)16-7-11-12(8-16)14(18)15-13(11)17/h3-6,11-12H,2,7-8H2,1H3,(H,15,17,18)/t11-,12+. The summed E-state index contributed by atoms with van der Waals surface area (Å²) in [5.74, 6) is -1.85. The van der Waals surface area contributed by atoms with Crippen molar-refractivity contribution in [3.8, 4) is 0 Å².